The maximum Gasteiger partial charge on any atom is 0.151 e. The number of hydrogen-bond acceptors (Lipinski definition) is 3. The third-order valence-corrected chi connectivity index (χ3v) is 2.31. The molecule has 5 heteroatoms. The molecule has 1 aromatic rings. The summed E-state index contributed by atoms with van der Waals surface area (Å²) in [5, 5.41) is 9.71. The topological polar surface area (TPSA) is 49.5 Å². The van der Waals surface area contributed by atoms with Crippen molar-refractivity contribution in [2.75, 3.05) is 23.7 Å². The Labute approximate surface area is 99.8 Å². The van der Waals surface area contributed by atoms with E-state index in [1.54, 1.807) is 20.8 Å². The highest BCUT2D eigenvalue weighted by atomic mass is 19.1. The first-order valence-electron chi connectivity index (χ1n) is 5.46. The Kier molecular flexibility index (Phi) is 3.93. The fourth-order valence-electron chi connectivity index (χ4n) is 1.70. The summed E-state index contributed by atoms with van der Waals surface area (Å²) in [6.07, 6.45) is 0. The zero-order chi connectivity index (χ0) is 13.2. The summed E-state index contributed by atoms with van der Waals surface area (Å²) in [5.41, 5.74) is 4.21. The van der Waals surface area contributed by atoms with Crippen molar-refractivity contribution in [1.29, 1.82) is 0 Å². The van der Waals surface area contributed by atoms with Crippen LogP contribution in [0.5, 0.6) is 0 Å². The predicted octanol–water partition coefficient (Wildman–Crippen LogP) is 2.14. The molecular formula is C12H18F2N2O. The van der Waals surface area contributed by atoms with Gasteiger partial charge in [-0.05, 0) is 32.9 Å². The zero-order valence-corrected chi connectivity index (χ0v) is 10.3. The van der Waals surface area contributed by atoms with E-state index in [2.05, 4.69) is 0 Å². The fourth-order valence-corrected chi connectivity index (χ4v) is 1.70. The molecule has 0 fully saturated rings. The molecule has 1 rings (SSSR count). The van der Waals surface area contributed by atoms with Crippen LogP contribution in [0.3, 0.4) is 0 Å². The number of nitrogens with two attached hydrogens (primary N) is 1. The van der Waals surface area contributed by atoms with Gasteiger partial charge in [0.25, 0.3) is 0 Å². The number of nitrogen functional groups attached to an aromatic ring is 1. The lowest BCUT2D eigenvalue weighted by atomic mass is 10.1. The van der Waals surface area contributed by atoms with Crippen LogP contribution in [0.15, 0.2) is 12.1 Å². The predicted molar refractivity (Wildman–Crippen MR) is 65.0 cm³/mol. The van der Waals surface area contributed by atoms with Gasteiger partial charge in [0.2, 0.25) is 0 Å². The third-order valence-electron chi connectivity index (χ3n) is 2.31. The quantitative estimate of drug-likeness (QED) is 0.798. The van der Waals surface area contributed by atoms with Gasteiger partial charge in [-0.3, -0.25) is 0 Å². The van der Waals surface area contributed by atoms with E-state index in [0.29, 0.717) is 6.54 Å². The molecule has 96 valence electrons. The summed E-state index contributed by atoms with van der Waals surface area (Å²) in [6.45, 7) is 5.47. The highest BCUT2D eigenvalue weighted by Crippen LogP contribution is 2.27. The van der Waals surface area contributed by atoms with Crippen molar-refractivity contribution in [3.8, 4) is 0 Å². The molecule has 0 aromatic heterocycles. The van der Waals surface area contributed by atoms with E-state index in [0.717, 1.165) is 12.1 Å². The zero-order valence-electron chi connectivity index (χ0n) is 10.3. The molecule has 0 spiro atoms. The van der Waals surface area contributed by atoms with Crippen LogP contribution in [-0.2, 0) is 0 Å². The molecule has 0 atom stereocenters. The molecule has 0 aliphatic rings. The van der Waals surface area contributed by atoms with Crippen LogP contribution in [-0.4, -0.2) is 23.8 Å². The van der Waals surface area contributed by atoms with Gasteiger partial charge in [-0.2, -0.15) is 0 Å². The Balaban J connectivity index is 3.12. The average molecular weight is 244 g/mol. The lowest BCUT2D eigenvalue weighted by Gasteiger charge is -2.30. The molecule has 0 aliphatic heterocycles. The SMILES string of the molecule is CCN(CC(C)(C)O)c1c(F)cc(N)cc1F. The van der Waals surface area contributed by atoms with Crippen LogP contribution in [0.25, 0.3) is 0 Å². The highest BCUT2D eigenvalue weighted by molar-refractivity contribution is 5.56. The Morgan fingerprint density at radius 3 is 2.12 bits per heavy atom. The molecular weight excluding hydrogens is 226 g/mol. The van der Waals surface area contributed by atoms with Crippen molar-refractivity contribution in [3.05, 3.63) is 23.8 Å². The van der Waals surface area contributed by atoms with Gasteiger partial charge in [-0.25, -0.2) is 8.78 Å². The molecule has 0 radical (unpaired) electrons. The van der Waals surface area contributed by atoms with Crippen molar-refractivity contribution >= 4 is 11.4 Å². The number of aliphatic hydroxyl groups is 1. The first kappa shape index (κ1) is 13.7. The molecule has 0 unspecified atom stereocenters. The molecule has 0 saturated heterocycles. The molecule has 17 heavy (non-hydrogen) atoms. The lowest BCUT2D eigenvalue weighted by molar-refractivity contribution is 0.0873. The number of benzene rings is 1. The molecule has 1 aromatic carbocycles. The Bertz CT molecular complexity index is 379. The van der Waals surface area contributed by atoms with E-state index in [4.69, 9.17) is 5.73 Å². The van der Waals surface area contributed by atoms with E-state index < -0.39 is 17.2 Å². The van der Waals surface area contributed by atoms with E-state index in [-0.39, 0.29) is 17.9 Å². The number of halogens is 2. The highest BCUT2D eigenvalue weighted by Gasteiger charge is 2.22. The van der Waals surface area contributed by atoms with Gasteiger partial charge in [-0.1, -0.05) is 0 Å². The monoisotopic (exact) mass is 244 g/mol. The van der Waals surface area contributed by atoms with Crippen molar-refractivity contribution in [2.45, 2.75) is 26.4 Å². The number of rotatable bonds is 4. The molecule has 3 N–H and O–H groups in total. The molecule has 0 heterocycles. The van der Waals surface area contributed by atoms with E-state index in [1.807, 2.05) is 0 Å². The minimum absolute atomic E-state index is 0.0445. The van der Waals surface area contributed by atoms with Gasteiger partial charge in [0, 0.05) is 18.8 Å². The summed E-state index contributed by atoms with van der Waals surface area (Å²) in [5.74, 6) is -1.43. The van der Waals surface area contributed by atoms with Crippen LogP contribution >= 0.6 is 0 Å². The number of hydrogen-bond donors (Lipinski definition) is 2. The Morgan fingerprint density at radius 1 is 1.29 bits per heavy atom. The molecule has 0 bridgehead atoms. The summed E-state index contributed by atoms with van der Waals surface area (Å²) < 4.78 is 27.4. The van der Waals surface area contributed by atoms with Crippen LogP contribution in [0, 0.1) is 11.6 Å². The Hall–Kier alpha value is -1.36. The standard InChI is InChI=1S/C12H18F2N2O/c1-4-16(7-12(2,3)17)11-9(13)5-8(15)6-10(11)14/h5-6,17H,4,7,15H2,1-3H3. The summed E-state index contributed by atoms with van der Waals surface area (Å²) in [6, 6.07) is 2.15. The van der Waals surface area contributed by atoms with Crippen molar-refractivity contribution in [3.63, 3.8) is 0 Å². The second kappa shape index (κ2) is 4.87. The minimum Gasteiger partial charge on any atom is -0.399 e. The van der Waals surface area contributed by atoms with Gasteiger partial charge < -0.3 is 15.7 Å². The summed E-state index contributed by atoms with van der Waals surface area (Å²) in [7, 11) is 0. The first-order chi connectivity index (χ1) is 7.74. The number of likely N-dealkylation sites (N-methyl/N-ethyl adjacent to an activating group) is 1. The van der Waals surface area contributed by atoms with E-state index in [9.17, 15) is 13.9 Å². The van der Waals surface area contributed by atoms with Crippen molar-refractivity contribution in [1.82, 2.24) is 0 Å². The second-order valence-electron chi connectivity index (χ2n) is 4.66. The summed E-state index contributed by atoms with van der Waals surface area (Å²) >= 11 is 0. The smallest absolute Gasteiger partial charge is 0.151 e. The van der Waals surface area contributed by atoms with Gasteiger partial charge >= 0.3 is 0 Å². The number of anilines is 2. The van der Waals surface area contributed by atoms with Crippen molar-refractivity contribution < 1.29 is 13.9 Å². The molecule has 0 aliphatic carbocycles. The van der Waals surface area contributed by atoms with Gasteiger partial charge in [0.15, 0.2) is 11.6 Å². The maximum absolute atomic E-state index is 13.7. The third kappa shape index (κ3) is 3.56. The molecule has 3 nitrogen and oxygen atoms in total. The first-order valence-corrected chi connectivity index (χ1v) is 5.46. The van der Waals surface area contributed by atoms with Crippen LogP contribution in [0.1, 0.15) is 20.8 Å². The van der Waals surface area contributed by atoms with Gasteiger partial charge in [0.05, 0.1) is 5.60 Å². The van der Waals surface area contributed by atoms with Crippen LogP contribution in [0.2, 0.25) is 0 Å². The maximum atomic E-state index is 13.7. The largest absolute Gasteiger partial charge is 0.399 e. The second-order valence-corrected chi connectivity index (χ2v) is 4.66. The minimum atomic E-state index is -1.03. The fraction of sp³-hybridized carbons (Fsp3) is 0.500. The summed E-state index contributed by atoms with van der Waals surface area (Å²) in [4.78, 5) is 1.45. The van der Waals surface area contributed by atoms with Crippen LogP contribution < -0.4 is 10.6 Å². The lowest BCUT2D eigenvalue weighted by Crippen LogP contribution is -2.39. The number of nitrogens with zero attached hydrogens (tertiary/aromatic N) is 1. The average Bonchev–Trinajstić information content (AvgIpc) is 2.12. The van der Waals surface area contributed by atoms with Gasteiger partial charge in [-0.15, -0.1) is 0 Å². The van der Waals surface area contributed by atoms with Gasteiger partial charge in [0.1, 0.15) is 5.69 Å². The van der Waals surface area contributed by atoms with E-state index >= 15 is 0 Å². The normalized spacial score (nSPS) is 11.6. The molecule has 0 saturated carbocycles. The Morgan fingerprint density at radius 2 is 1.76 bits per heavy atom. The van der Waals surface area contributed by atoms with Crippen LogP contribution in [0.4, 0.5) is 20.2 Å². The molecule has 0 amide bonds. The van der Waals surface area contributed by atoms with E-state index in [1.165, 1.54) is 4.90 Å². The van der Waals surface area contributed by atoms with Crippen molar-refractivity contribution in [2.24, 2.45) is 0 Å².